The predicted molar refractivity (Wildman–Crippen MR) is 78.3 cm³/mol. The Labute approximate surface area is 114 Å². The number of halogens is 1. The summed E-state index contributed by atoms with van der Waals surface area (Å²) >= 11 is 5.95. The van der Waals surface area contributed by atoms with Crippen LogP contribution in [-0.2, 0) is 0 Å². The minimum absolute atomic E-state index is 0.0130. The molecule has 0 fully saturated rings. The van der Waals surface area contributed by atoms with Crippen LogP contribution in [0, 0.1) is 5.41 Å². The van der Waals surface area contributed by atoms with Crippen LogP contribution >= 0.6 is 11.6 Å². The summed E-state index contributed by atoms with van der Waals surface area (Å²) in [4.78, 5) is 0. The van der Waals surface area contributed by atoms with Crippen molar-refractivity contribution >= 4 is 17.3 Å². The Bertz CT molecular complexity index is 421. The summed E-state index contributed by atoms with van der Waals surface area (Å²) in [6.45, 7) is 7.02. The van der Waals surface area contributed by atoms with E-state index in [0.29, 0.717) is 11.6 Å². The molecular formula is C14H23ClN3+. The number of rotatable bonds is 4. The second kappa shape index (κ2) is 6.23. The van der Waals surface area contributed by atoms with Gasteiger partial charge in [-0.2, -0.15) is 0 Å². The summed E-state index contributed by atoms with van der Waals surface area (Å²) in [7, 11) is 0. The molecule has 4 heteroatoms. The van der Waals surface area contributed by atoms with Crippen molar-refractivity contribution in [3.63, 3.8) is 0 Å². The number of anilines is 1. The molecule has 0 aliphatic rings. The zero-order valence-corrected chi connectivity index (χ0v) is 12.1. The minimum Gasteiger partial charge on any atom is -0.354 e. The lowest BCUT2D eigenvalue weighted by Gasteiger charge is -2.25. The maximum absolute atomic E-state index is 6.14. The highest BCUT2D eigenvalue weighted by molar-refractivity contribution is 6.30. The summed E-state index contributed by atoms with van der Waals surface area (Å²) in [6, 6.07) is 7.60. The number of benzene rings is 1. The standard InChI is InChI=1S/C14H22ClN3/c1-14(2,3)13(17)8-12(9-16)18-11-6-4-5-10(15)7-11/h4-8,13,18H,9,16-17H2,1-3H3/p+1. The lowest BCUT2D eigenvalue weighted by molar-refractivity contribution is -0.355. The summed E-state index contributed by atoms with van der Waals surface area (Å²) < 4.78 is 0. The molecule has 100 valence electrons. The average molecular weight is 269 g/mol. The monoisotopic (exact) mass is 268 g/mol. The Hall–Kier alpha value is -1.03. The number of nitrogens with two attached hydrogens (primary N) is 1. The first-order valence-corrected chi connectivity index (χ1v) is 6.49. The molecule has 0 spiro atoms. The Balaban J connectivity index is 2.82. The number of hydrogen-bond acceptors (Lipinski definition) is 2. The van der Waals surface area contributed by atoms with Crippen LogP contribution in [0.25, 0.3) is 0 Å². The summed E-state index contributed by atoms with van der Waals surface area (Å²) in [5.74, 6) is 0. The molecule has 18 heavy (non-hydrogen) atoms. The number of nitrogens with one attached hydrogen (secondary N) is 1. The van der Waals surface area contributed by atoms with Crippen LogP contribution < -0.4 is 16.8 Å². The maximum atomic E-state index is 6.14. The third-order valence-corrected chi connectivity index (χ3v) is 3.01. The molecule has 0 amide bonds. The molecule has 0 heterocycles. The van der Waals surface area contributed by atoms with Gasteiger partial charge in [0.2, 0.25) is 0 Å². The van der Waals surface area contributed by atoms with Crippen molar-refractivity contribution in [2.24, 2.45) is 11.1 Å². The summed E-state index contributed by atoms with van der Waals surface area (Å²) in [6.07, 6.45) is 2.04. The zero-order chi connectivity index (χ0) is 13.8. The van der Waals surface area contributed by atoms with E-state index in [1.807, 2.05) is 30.3 Å². The molecule has 0 saturated heterocycles. The molecule has 1 unspecified atom stereocenters. The van der Waals surface area contributed by atoms with E-state index >= 15 is 0 Å². The van der Waals surface area contributed by atoms with Gasteiger partial charge in [-0.05, 0) is 29.7 Å². The topological polar surface area (TPSA) is 65.7 Å². The van der Waals surface area contributed by atoms with Gasteiger partial charge in [-0.25, -0.2) is 0 Å². The van der Waals surface area contributed by atoms with Gasteiger partial charge in [0.15, 0.2) is 0 Å². The fourth-order valence-corrected chi connectivity index (χ4v) is 1.60. The number of quaternary nitrogens is 1. The van der Waals surface area contributed by atoms with Crippen LogP contribution in [0.4, 0.5) is 5.69 Å². The fraction of sp³-hybridized carbons (Fsp3) is 0.429. The summed E-state index contributed by atoms with van der Waals surface area (Å²) in [5.41, 5.74) is 12.1. The maximum Gasteiger partial charge on any atom is 0.114 e. The Morgan fingerprint density at radius 3 is 2.67 bits per heavy atom. The van der Waals surface area contributed by atoms with Gasteiger partial charge in [0.1, 0.15) is 6.54 Å². The number of hydrogen-bond donors (Lipinski definition) is 3. The van der Waals surface area contributed by atoms with Gasteiger partial charge < -0.3 is 16.8 Å². The van der Waals surface area contributed by atoms with Crippen LogP contribution in [0.2, 0.25) is 5.02 Å². The van der Waals surface area contributed by atoms with Gasteiger partial charge in [0.25, 0.3) is 0 Å². The third kappa shape index (κ3) is 4.69. The Kier molecular flexibility index (Phi) is 5.20. The average Bonchev–Trinajstić information content (AvgIpc) is 2.26. The molecule has 1 aromatic rings. The van der Waals surface area contributed by atoms with E-state index in [-0.39, 0.29) is 11.5 Å². The lowest BCUT2D eigenvalue weighted by atomic mass is 9.87. The van der Waals surface area contributed by atoms with Crippen molar-refractivity contribution in [3.05, 3.63) is 41.1 Å². The molecule has 0 aliphatic carbocycles. The van der Waals surface area contributed by atoms with Gasteiger partial charge >= 0.3 is 0 Å². The van der Waals surface area contributed by atoms with Crippen molar-refractivity contribution in [1.29, 1.82) is 0 Å². The van der Waals surface area contributed by atoms with Gasteiger partial charge in [-0.15, -0.1) is 0 Å². The first kappa shape index (κ1) is 15.0. The Morgan fingerprint density at radius 2 is 2.17 bits per heavy atom. The second-order valence-electron chi connectivity index (χ2n) is 5.47. The third-order valence-electron chi connectivity index (χ3n) is 2.78. The highest BCUT2D eigenvalue weighted by atomic mass is 35.5. The first-order chi connectivity index (χ1) is 8.32. The second-order valence-corrected chi connectivity index (χ2v) is 5.91. The van der Waals surface area contributed by atoms with E-state index in [1.54, 1.807) is 0 Å². The van der Waals surface area contributed by atoms with E-state index < -0.39 is 0 Å². The van der Waals surface area contributed by atoms with Crippen molar-refractivity contribution in [2.75, 3.05) is 11.9 Å². The van der Waals surface area contributed by atoms with Crippen molar-refractivity contribution in [3.8, 4) is 0 Å². The molecule has 1 atom stereocenters. The molecule has 6 N–H and O–H groups in total. The largest absolute Gasteiger partial charge is 0.354 e. The van der Waals surface area contributed by atoms with Crippen LogP contribution in [0.1, 0.15) is 20.8 Å². The van der Waals surface area contributed by atoms with Crippen LogP contribution in [0.3, 0.4) is 0 Å². The molecule has 1 aromatic carbocycles. The molecule has 3 nitrogen and oxygen atoms in total. The fourth-order valence-electron chi connectivity index (χ4n) is 1.41. The van der Waals surface area contributed by atoms with E-state index in [1.165, 1.54) is 0 Å². The molecule has 0 radical (unpaired) electrons. The van der Waals surface area contributed by atoms with E-state index in [4.69, 9.17) is 17.3 Å². The van der Waals surface area contributed by atoms with Gasteiger partial charge in [0, 0.05) is 16.8 Å². The van der Waals surface area contributed by atoms with Crippen molar-refractivity contribution in [2.45, 2.75) is 26.8 Å². The zero-order valence-electron chi connectivity index (χ0n) is 11.3. The van der Waals surface area contributed by atoms with Gasteiger partial charge in [-0.1, -0.05) is 38.4 Å². The van der Waals surface area contributed by atoms with E-state index in [2.05, 4.69) is 31.8 Å². The highest BCUT2D eigenvalue weighted by Gasteiger charge is 2.19. The van der Waals surface area contributed by atoms with Crippen LogP contribution in [-0.4, -0.2) is 12.6 Å². The summed E-state index contributed by atoms with van der Waals surface area (Å²) in [5, 5.41) is 4.02. The molecule has 0 aliphatic heterocycles. The molecular weight excluding hydrogens is 246 g/mol. The van der Waals surface area contributed by atoms with Crippen LogP contribution in [0.5, 0.6) is 0 Å². The molecule has 0 saturated carbocycles. The van der Waals surface area contributed by atoms with E-state index in [0.717, 1.165) is 11.4 Å². The SMILES string of the molecule is CC(C)(C)C(N)C=C(C[NH3+])Nc1cccc(Cl)c1. The predicted octanol–water partition coefficient (Wildman–Crippen LogP) is 2.25. The van der Waals surface area contributed by atoms with E-state index in [9.17, 15) is 0 Å². The Morgan fingerprint density at radius 1 is 1.50 bits per heavy atom. The van der Waals surface area contributed by atoms with Crippen molar-refractivity contribution < 1.29 is 5.73 Å². The van der Waals surface area contributed by atoms with Crippen molar-refractivity contribution in [1.82, 2.24) is 0 Å². The molecule has 0 aromatic heterocycles. The quantitative estimate of drug-likeness (QED) is 0.784. The van der Waals surface area contributed by atoms with Gasteiger partial charge in [-0.3, -0.25) is 0 Å². The minimum atomic E-state index is -0.0130. The highest BCUT2D eigenvalue weighted by Crippen LogP contribution is 2.20. The van der Waals surface area contributed by atoms with Crippen LogP contribution in [0.15, 0.2) is 36.0 Å². The first-order valence-electron chi connectivity index (χ1n) is 6.11. The lowest BCUT2D eigenvalue weighted by Crippen LogP contribution is -2.52. The van der Waals surface area contributed by atoms with Gasteiger partial charge in [0.05, 0.1) is 5.70 Å². The molecule has 0 bridgehead atoms. The smallest absolute Gasteiger partial charge is 0.114 e. The molecule has 1 rings (SSSR count). The normalized spacial score (nSPS) is 14.4.